The maximum Gasteiger partial charge on any atom is 0.198 e. The van der Waals surface area contributed by atoms with Crippen LogP contribution in [-0.4, -0.2) is 44.2 Å². The summed E-state index contributed by atoms with van der Waals surface area (Å²) in [4.78, 5) is 25.6. The van der Waals surface area contributed by atoms with E-state index in [0.717, 1.165) is 0 Å². The first kappa shape index (κ1) is 15.8. The Hall–Kier alpha value is -2.70. The maximum absolute atomic E-state index is 12.8. The van der Waals surface area contributed by atoms with E-state index in [1.54, 1.807) is 12.1 Å². The van der Waals surface area contributed by atoms with Crippen molar-refractivity contribution in [1.29, 1.82) is 0 Å². The minimum Gasteiger partial charge on any atom is -0.507 e. The van der Waals surface area contributed by atoms with Crippen molar-refractivity contribution in [2.24, 2.45) is 0 Å². The van der Waals surface area contributed by atoms with Crippen LogP contribution in [0, 0.1) is 0 Å². The molecule has 0 saturated heterocycles. The average molecular weight is 340 g/mol. The highest BCUT2D eigenvalue weighted by Gasteiger charge is 2.41. The molecule has 0 aliphatic heterocycles. The van der Waals surface area contributed by atoms with Gasteiger partial charge in [-0.2, -0.15) is 0 Å². The molecule has 0 heterocycles. The topological polar surface area (TPSA) is 115 Å². The van der Waals surface area contributed by atoms with Crippen LogP contribution >= 0.6 is 0 Å². The zero-order valence-electron chi connectivity index (χ0n) is 13.2. The first-order valence-corrected chi connectivity index (χ1v) is 7.99. The molecule has 0 radical (unpaired) electrons. The van der Waals surface area contributed by atoms with Gasteiger partial charge >= 0.3 is 0 Å². The molecule has 1 unspecified atom stereocenters. The number of phenols is 2. The number of benzene rings is 2. The van der Waals surface area contributed by atoms with Gasteiger partial charge in [0, 0.05) is 28.7 Å². The van der Waals surface area contributed by atoms with Crippen LogP contribution in [0.2, 0.25) is 0 Å². The lowest BCUT2D eigenvalue weighted by Gasteiger charge is -2.34. The first-order chi connectivity index (χ1) is 11.9. The molecule has 0 spiro atoms. The normalized spacial score (nSPS) is 21.5. The second-order valence-electron chi connectivity index (χ2n) is 6.67. The van der Waals surface area contributed by atoms with Gasteiger partial charge in [0.2, 0.25) is 0 Å². The third-order valence-electron chi connectivity index (χ3n) is 5.17. The van der Waals surface area contributed by atoms with E-state index in [9.17, 15) is 30.0 Å². The summed E-state index contributed by atoms with van der Waals surface area (Å²) >= 11 is 0. The van der Waals surface area contributed by atoms with Crippen LogP contribution in [0.4, 0.5) is 0 Å². The van der Waals surface area contributed by atoms with E-state index >= 15 is 0 Å². The molecule has 2 aromatic carbocycles. The van der Waals surface area contributed by atoms with E-state index in [1.807, 2.05) is 0 Å². The third kappa shape index (κ3) is 2.04. The zero-order chi connectivity index (χ0) is 17.9. The van der Waals surface area contributed by atoms with E-state index in [4.69, 9.17) is 0 Å². The van der Waals surface area contributed by atoms with Crippen LogP contribution in [0.15, 0.2) is 24.3 Å². The largest absolute Gasteiger partial charge is 0.507 e. The summed E-state index contributed by atoms with van der Waals surface area (Å²) in [5.41, 5.74) is -0.934. The summed E-state index contributed by atoms with van der Waals surface area (Å²) in [6.45, 7) is -0.501. The Bertz CT molecular complexity index is 945. The molecule has 4 rings (SSSR count). The number of phenolic OH excluding ortho intramolecular Hbond substituents is 2. The highest BCUT2D eigenvalue weighted by Crippen LogP contribution is 2.46. The van der Waals surface area contributed by atoms with Crippen molar-refractivity contribution in [2.75, 3.05) is 6.61 Å². The van der Waals surface area contributed by atoms with E-state index in [2.05, 4.69) is 0 Å². The highest BCUT2D eigenvalue weighted by molar-refractivity contribution is 6.30. The lowest BCUT2D eigenvalue weighted by Crippen LogP contribution is -2.40. The summed E-state index contributed by atoms with van der Waals surface area (Å²) in [7, 11) is 0. The van der Waals surface area contributed by atoms with Crippen LogP contribution in [0.3, 0.4) is 0 Å². The lowest BCUT2D eigenvalue weighted by molar-refractivity contribution is -0.0254. The number of aliphatic hydroxyl groups excluding tert-OH is 1. The van der Waals surface area contributed by atoms with Gasteiger partial charge in [0.05, 0.1) is 23.3 Å². The Morgan fingerprint density at radius 3 is 1.96 bits per heavy atom. The number of carbonyl (C=O) groups is 2. The van der Waals surface area contributed by atoms with Gasteiger partial charge < -0.3 is 20.4 Å². The Morgan fingerprint density at radius 2 is 1.44 bits per heavy atom. The second kappa shape index (κ2) is 5.15. The quantitative estimate of drug-likeness (QED) is 0.493. The van der Waals surface area contributed by atoms with Crippen molar-refractivity contribution < 1.29 is 30.0 Å². The predicted octanol–water partition coefficient (Wildman–Crippen LogP) is 1.09. The fourth-order valence-electron chi connectivity index (χ4n) is 3.78. The van der Waals surface area contributed by atoms with Gasteiger partial charge in [-0.05, 0) is 12.8 Å². The third-order valence-corrected chi connectivity index (χ3v) is 5.17. The molecule has 25 heavy (non-hydrogen) atoms. The molecule has 2 aliphatic carbocycles. The minimum absolute atomic E-state index is 0.103. The number of ketones is 2. The van der Waals surface area contributed by atoms with Crippen molar-refractivity contribution in [3.05, 3.63) is 57.6 Å². The van der Waals surface area contributed by atoms with Crippen molar-refractivity contribution in [3.63, 3.8) is 0 Å². The van der Waals surface area contributed by atoms with E-state index in [-0.39, 0.29) is 52.8 Å². The molecule has 1 atom stereocenters. The summed E-state index contributed by atoms with van der Waals surface area (Å²) in [5, 5.41) is 41.0. The van der Waals surface area contributed by atoms with Crippen LogP contribution in [0.1, 0.15) is 49.4 Å². The molecule has 6 nitrogen and oxygen atoms in total. The van der Waals surface area contributed by atoms with Crippen LogP contribution in [-0.2, 0) is 12.8 Å². The molecule has 4 N–H and O–H groups in total. The Morgan fingerprint density at radius 1 is 0.920 bits per heavy atom. The summed E-state index contributed by atoms with van der Waals surface area (Å²) < 4.78 is 0. The SMILES string of the molecule is O=C1c2ccccc2C(=O)c2c(O)c3c(c(O)c21)CCC(O)(CO)C3. The van der Waals surface area contributed by atoms with Crippen molar-refractivity contribution in [1.82, 2.24) is 0 Å². The summed E-state index contributed by atoms with van der Waals surface area (Å²) in [6.07, 6.45) is 0.262. The molecule has 0 bridgehead atoms. The zero-order valence-corrected chi connectivity index (χ0v) is 13.2. The van der Waals surface area contributed by atoms with Gasteiger partial charge in [-0.3, -0.25) is 9.59 Å². The number of carbonyl (C=O) groups excluding carboxylic acids is 2. The molecule has 2 aliphatic rings. The molecule has 0 fully saturated rings. The Labute approximate surface area is 143 Å². The number of aliphatic hydroxyl groups is 2. The maximum atomic E-state index is 12.8. The smallest absolute Gasteiger partial charge is 0.198 e. The average Bonchev–Trinajstić information content (AvgIpc) is 2.62. The fourth-order valence-corrected chi connectivity index (χ4v) is 3.78. The molecular formula is C19H16O6. The molecular weight excluding hydrogens is 324 g/mol. The van der Waals surface area contributed by atoms with Gasteiger partial charge in [0.25, 0.3) is 0 Å². The number of aromatic hydroxyl groups is 2. The van der Waals surface area contributed by atoms with Gasteiger partial charge in [-0.1, -0.05) is 24.3 Å². The van der Waals surface area contributed by atoms with Crippen LogP contribution in [0.5, 0.6) is 11.5 Å². The van der Waals surface area contributed by atoms with Crippen molar-refractivity contribution in [3.8, 4) is 11.5 Å². The number of hydrogen-bond acceptors (Lipinski definition) is 6. The number of fused-ring (bicyclic) bond motifs is 3. The summed E-state index contributed by atoms with van der Waals surface area (Å²) in [5.74, 6) is -1.78. The summed E-state index contributed by atoms with van der Waals surface area (Å²) in [6, 6.07) is 6.26. The fraction of sp³-hybridized carbons (Fsp3) is 0.263. The van der Waals surface area contributed by atoms with E-state index in [0.29, 0.717) is 5.56 Å². The van der Waals surface area contributed by atoms with Crippen LogP contribution < -0.4 is 0 Å². The minimum atomic E-state index is -1.43. The standard InChI is InChI=1S/C19H16O6/c20-8-19(25)6-5-11-12(7-19)18(24)14-13(17(11)23)15(21)9-3-1-2-4-10(9)16(14)22/h1-4,20,23-25H,5-8H2. The highest BCUT2D eigenvalue weighted by atomic mass is 16.3. The molecule has 128 valence electrons. The van der Waals surface area contributed by atoms with Crippen molar-refractivity contribution >= 4 is 11.6 Å². The van der Waals surface area contributed by atoms with Gasteiger partial charge in [-0.25, -0.2) is 0 Å². The van der Waals surface area contributed by atoms with Gasteiger partial charge in [-0.15, -0.1) is 0 Å². The van der Waals surface area contributed by atoms with E-state index < -0.39 is 29.5 Å². The Kier molecular flexibility index (Phi) is 3.25. The monoisotopic (exact) mass is 340 g/mol. The lowest BCUT2D eigenvalue weighted by atomic mass is 9.74. The van der Waals surface area contributed by atoms with Gasteiger partial charge in [0.15, 0.2) is 11.6 Å². The molecule has 0 amide bonds. The Balaban J connectivity index is 2.01. The molecule has 0 saturated carbocycles. The van der Waals surface area contributed by atoms with Crippen LogP contribution in [0.25, 0.3) is 0 Å². The number of rotatable bonds is 1. The molecule has 2 aromatic rings. The first-order valence-electron chi connectivity index (χ1n) is 7.99. The molecule has 0 aromatic heterocycles. The molecule has 6 heteroatoms. The van der Waals surface area contributed by atoms with E-state index in [1.165, 1.54) is 12.1 Å². The second-order valence-corrected chi connectivity index (χ2v) is 6.67. The predicted molar refractivity (Wildman–Crippen MR) is 87.1 cm³/mol. The van der Waals surface area contributed by atoms with Gasteiger partial charge in [0.1, 0.15) is 11.5 Å². The van der Waals surface area contributed by atoms with Crippen molar-refractivity contribution in [2.45, 2.75) is 24.9 Å². The number of hydrogen-bond donors (Lipinski definition) is 4.